The maximum atomic E-state index is 2.52. The van der Waals surface area contributed by atoms with Crippen molar-refractivity contribution in [2.45, 2.75) is 5.41 Å². The van der Waals surface area contributed by atoms with E-state index in [1.165, 1.54) is 97.4 Å². The largest absolute Gasteiger partial charge is 0.310 e. The summed E-state index contributed by atoms with van der Waals surface area (Å²) in [6, 6.07) is 79.4. The molecule has 0 aliphatic heterocycles. The molecule has 1 atom stereocenters. The van der Waals surface area contributed by atoms with E-state index in [1.54, 1.807) is 0 Å². The Kier molecular flexibility index (Phi) is 6.87. The monoisotopic (exact) mass is 765 g/mol. The lowest BCUT2D eigenvalue weighted by Gasteiger charge is -2.32. The normalized spacial score (nSPS) is 14.8. The van der Waals surface area contributed by atoms with Crippen molar-refractivity contribution in [1.29, 1.82) is 0 Å². The van der Waals surface area contributed by atoms with Crippen molar-refractivity contribution in [3.05, 3.63) is 235 Å². The van der Waals surface area contributed by atoms with Crippen LogP contribution < -0.4 is 4.90 Å². The van der Waals surface area contributed by atoms with Crippen LogP contribution in [-0.4, -0.2) is 0 Å². The van der Waals surface area contributed by atoms with E-state index in [0.717, 1.165) is 17.1 Å². The van der Waals surface area contributed by atoms with Crippen molar-refractivity contribution < 1.29 is 0 Å². The average molecular weight is 766 g/mol. The first-order valence-electron chi connectivity index (χ1n) is 20.4. The van der Waals surface area contributed by atoms with Crippen molar-refractivity contribution in [3.8, 4) is 33.4 Å². The topological polar surface area (TPSA) is 3.24 Å². The summed E-state index contributed by atoms with van der Waals surface area (Å²) in [5.41, 5.74) is 16.0. The second-order valence-electron chi connectivity index (χ2n) is 16.0. The Morgan fingerprint density at radius 2 is 1.03 bits per heavy atom. The highest BCUT2D eigenvalue weighted by Crippen LogP contribution is 2.65. The van der Waals surface area contributed by atoms with Gasteiger partial charge in [-0.1, -0.05) is 170 Å². The maximum Gasteiger partial charge on any atom is 0.0727 e. The fourth-order valence-corrected chi connectivity index (χ4v) is 11.8. The Hall–Kier alpha value is -7.26. The van der Waals surface area contributed by atoms with Gasteiger partial charge in [-0.2, -0.15) is 0 Å². The molecule has 0 saturated carbocycles. The summed E-state index contributed by atoms with van der Waals surface area (Å²) in [7, 11) is 0. The molecule has 0 amide bonds. The van der Waals surface area contributed by atoms with Gasteiger partial charge in [0, 0.05) is 42.5 Å². The van der Waals surface area contributed by atoms with Gasteiger partial charge in [-0.15, -0.1) is 11.3 Å². The highest BCUT2D eigenvalue weighted by Gasteiger charge is 2.52. The molecule has 59 heavy (non-hydrogen) atoms. The van der Waals surface area contributed by atoms with E-state index in [0.29, 0.717) is 0 Å². The summed E-state index contributed by atoms with van der Waals surface area (Å²) in [5, 5.41) is 7.56. The lowest BCUT2D eigenvalue weighted by atomic mass is 9.70. The molecule has 0 radical (unpaired) electrons. The molecule has 1 nitrogen and oxygen atoms in total. The standard InChI is InChI=1S/C57H35NS/c1-2-13-36(14-3-1)40-26-29-44-45-30-28-42(58(41-27-25-37-15-4-5-17-39(37)33-41)53-23-12-18-38-16-6-7-19-43(38)53)35-52(45)57(51(44)34-40)49-22-10-8-21-48(49)55-50(57)32-31-47-46-20-9-11-24-54(46)59-56(47)55/h1-35H. The van der Waals surface area contributed by atoms with Crippen molar-refractivity contribution in [2.24, 2.45) is 0 Å². The molecule has 0 bridgehead atoms. The predicted octanol–water partition coefficient (Wildman–Crippen LogP) is 15.8. The number of rotatable bonds is 4. The quantitative estimate of drug-likeness (QED) is 0.172. The first-order chi connectivity index (χ1) is 29.3. The molecular formula is C57H35NS. The second kappa shape index (κ2) is 12.4. The lowest BCUT2D eigenvalue weighted by Crippen LogP contribution is -2.26. The molecule has 274 valence electrons. The number of anilines is 3. The number of thiophene rings is 1. The molecule has 1 heterocycles. The number of hydrogen-bond donors (Lipinski definition) is 0. The van der Waals surface area contributed by atoms with Gasteiger partial charge in [0.05, 0.1) is 11.1 Å². The summed E-state index contributed by atoms with van der Waals surface area (Å²) in [5.74, 6) is 0. The van der Waals surface area contributed by atoms with Gasteiger partial charge in [0.25, 0.3) is 0 Å². The van der Waals surface area contributed by atoms with Gasteiger partial charge >= 0.3 is 0 Å². The third-order valence-electron chi connectivity index (χ3n) is 13.0. The minimum atomic E-state index is -0.532. The predicted molar refractivity (Wildman–Crippen MR) is 251 cm³/mol. The van der Waals surface area contributed by atoms with Gasteiger partial charge in [0.2, 0.25) is 0 Å². The first-order valence-corrected chi connectivity index (χ1v) is 21.2. The number of benzene rings is 10. The zero-order valence-corrected chi connectivity index (χ0v) is 32.9. The molecule has 0 N–H and O–H groups in total. The fourth-order valence-electron chi connectivity index (χ4n) is 10.5. The minimum absolute atomic E-state index is 0.532. The lowest BCUT2D eigenvalue weighted by molar-refractivity contribution is 0.795. The molecule has 2 aliphatic carbocycles. The molecule has 10 aromatic carbocycles. The van der Waals surface area contributed by atoms with Crippen LogP contribution in [0.15, 0.2) is 212 Å². The first kappa shape index (κ1) is 32.8. The minimum Gasteiger partial charge on any atom is -0.310 e. The Balaban J connectivity index is 1.14. The van der Waals surface area contributed by atoms with E-state index in [2.05, 4.69) is 217 Å². The Labute approximate surface area is 346 Å². The van der Waals surface area contributed by atoms with Crippen LogP contribution in [0.5, 0.6) is 0 Å². The van der Waals surface area contributed by atoms with Gasteiger partial charge in [0.15, 0.2) is 0 Å². The van der Waals surface area contributed by atoms with Crippen molar-refractivity contribution in [1.82, 2.24) is 0 Å². The molecular weight excluding hydrogens is 731 g/mol. The van der Waals surface area contributed by atoms with E-state index < -0.39 is 5.41 Å². The summed E-state index contributed by atoms with van der Waals surface area (Å²) < 4.78 is 2.70. The van der Waals surface area contributed by atoms with Gasteiger partial charge in [-0.3, -0.25) is 0 Å². The van der Waals surface area contributed by atoms with Gasteiger partial charge in [-0.05, 0) is 109 Å². The molecule has 13 rings (SSSR count). The van der Waals surface area contributed by atoms with E-state index in [1.807, 2.05) is 11.3 Å². The smallest absolute Gasteiger partial charge is 0.0727 e. The number of hydrogen-bond acceptors (Lipinski definition) is 2. The third kappa shape index (κ3) is 4.55. The van der Waals surface area contributed by atoms with Crippen LogP contribution in [0.25, 0.3) is 75.1 Å². The summed E-state index contributed by atoms with van der Waals surface area (Å²) in [6.45, 7) is 0. The highest BCUT2D eigenvalue weighted by atomic mass is 32.1. The molecule has 1 aromatic heterocycles. The summed E-state index contributed by atoms with van der Waals surface area (Å²) >= 11 is 1.93. The zero-order valence-electron chi connectivity index (χ0n) is 32.1. The van der Waals surface area contributed by atoms with Crippen LogP contribution in [0.1, 0.15) is 22.3 Å². The third-order valence-corrected chi connectivity index (χ3v) is 14.2. The molecule has 2 heteroatoms. The van der Waals surface area contributed by atoms with Crippen LogP contribution in [0.3, 0.4) is 0 Å². The van der Waals surface area contributed by atoms with Gasteiger partial charge in [0.1, 0.15) is 0 Å². The fraction of sp³-hybridized carbons (Fsp3) is 0.0175. The van der Waals surface area contributed by atoms with Crippen molar-refractivity contribution in [3.63, 3.8) is 0 Å². The van der Waals surface area contributed by atoms with Crippen molar-refractivity contribution in [2.75, 3.05) is 4.90 Å². The van der Waals surface area contributed by atoms with Crippen LogP contribution in [0.4, 0.5) is 17.1 Å². The number of nitrogens with zero attached hydrogens (tertiary/aromatic N) is 1. The van der Waals surface area contributed by atoms with E-state index in [4.69, 9.17) is 0 Å². The molecule has 11 aromatic rings. The van der Waals surface area contributed by atoms with Gasteiger partial charge < -0.3 is 4.90 Å². The van der Waals surface area contributed by atoms with Gasteiger partial charge in [-0.25, -0.2) is 0 Å². The van der Waals surface area contributed by atoms with Crippen LogP contribution >= 0.6 is 11.3 Å². The Morgan fingerprint density at radius 1 is 0.356 bits per heavy atom. The van der Waals surface area contributed by atoms with Crippen LogP contribution in [0.2, 0.25) is 0 Å². The van der Waals surface area contributed by atoms with E-state index in [9.17, 15) is 0 Å². The maximum absolute atomic E-state index is 2.52. The Bertz CT molecular complexity index is 3520. The van der Waals surface area contributed by atoms with E-state index in [-0.39, 0.29) is 0 Å². The zero-order chi connectivity index (χ0) is 38.7. The molecule has 0 saturated heterocycles. The average Bonchev–Trinajstić information content (AvgIpc) is 3.93. The molecule has 1 spiro atoms. The second-order valence-corrected chi connectivity index (χ2v) is 17.0. The highest BCUT2D eigenvalue weighted by molar-refractivity contribution is 7.26. The summed E-state index contributed by atoms with van der Waals surface area (Å²) in [4.78, 5) is 2.48. The summed E-state index contributed by atoms with van der Waals surface area (Å²) in [6.07, 6.45) is 0. The Morgan fingerprint density at radius 3 is 1.93 bits per heavy atom. The van der Waals surface area contributed by atoms with Crippen LogP contribution in [-0.2, 0) is 5.41 Å². The van der Waals surface area contributed by atoms with Crippen LogP contribution in [0, 0.1) is 0 Å². The SMILES string of the molecule is c1ccc(-c2ccc3c(c2)C2(c4cc(N(c5ccc6ccccc6c5)c5cccc6ccccc56)ccc4-3)c3ccccc3-c3c2ccc2c3sc3ccccc32)cc1. The molecule has 0 fully saturated rings. The molecule has 1 unspecified atom stereocenters. The number of fused-ring (bicyclic) bond motifs is 16. The van der Waals surface area contributed by atoms with E-state index >= 15 is 0 Å². The van der Waals surface area contributed by atoms with Crippen molar-refractivity contribution >= 4 is 70.1 Å². The molecule has 2 aliphatic rings.